The molecule has 3 aliphatic rings. The molecule has 1 unspecified atom stereocenters. The van der Waals surface area contributed by atoms with Gasteiger partial charge in [-0.15, -0.1) is 11.8 Å². The van der Waals surface area contributed by atoms with Gasteiger partial charge >= 0.3 is 5.69 Å². The summed E-state index contributed by atoms with van der Waals surface area (Å²) < 4.78 is 32.9. The molecule has 1 saturated heterocycles. The molecule has 7 rings (SSSR count). The Morgan fingerprint density at radius 2 is 1.95 bits per heavy atom. The predicted molar refractivity (Wildman–Crippen MR) is 163 cm³/mol. The second kappa shape index (κ2) is 10.5. The van der Waals surface area contributed by atoms with Crippen molar-refractivity contribution in [3.05, 3.63) is 77.0 Å². The van der Waals surface area contributed by atoms with Crippen LogP contribution in [0.25, 0.3) is 28.0 Å². The zero-order valence-electron chi connectivity index (χ0n) is 23.9. The first-order chi connectivity index (χ1) is 21.2. The van der Waals surface area contributed by atoms with Crippen molar-refractivity contribution in [2.24, 2.45) is 0 Å². The fraction of sp³-hybridized carbons (Fsp3) is 0.290. The molecule has 10 nitrogen and oxygen atoms in total. The topological polar surface area (TPSA) is 113 Å². The maximum absolute atomic E-state index is 16.2. The Labute approximate surface area is 254 Å². The molecule has 1 N–H and O–H groups in total. The summed E-state index contributed by atoms with van der Waals surface area (Å²) in [5, 5.41) is 2.96. The molecule has 0 radical (unpaired) electrons. The molecule has 1 saturated carbocycles. The summed E-state index contributed by atoms with van der Waals surface area (Å²) in [7, 11) is 0. The van der Waals surface area contributed by atoms with Gasteiger partial charge < -0.3 is 15.1 Å². The van der Waals surface area contributed by atoms with Crippen LogP contribution in [0.4, 0.5) is 20.3 Å². The zero-order valence-corrected chi connectivity index (χ0v) is 24.7. The Morgan fingerprint density at radius 3 is 2.73 bits per heavy atom. The number of thioether (sulfide) groups is 1. The van der Waals surface area contributed by atoms with Crippen LogP contribution in [0.3, 0.4) is 0 Å². The lowest BCUT2D eigenvalue weighted by Crippen LogP contribution is -2.49. The van der Waals surface area contributed by atoms with Crippen LogP contribution >= 0.6 is 11.8 Å². The fourth-order valence-corrected chi connectivity index (χ4v) is 7.00. The average molecular weight is 616 g/mol. The first-order valence-electron chi connectivity index (χ1n) is 14.2. The largest absolute Gasteiger partial charge is 0.355 e. The van der Waals surface area contributed by atoms with Gasteiger partial charge in [-0.25, -0.2) is 23.1 Å². The summed E-state index contributed by atoms with van der Waals surface area (Å²) in [6, 6.07) is 6.79. The van der Waals surface area contributed by atoms with Gasteiger partial charge in [0.05, 0.1) is 45.9 Å². The minimum Gasteiger partial charge on any atom is -0.349 e. The van der Waals surface area contributed by atoms with Crippen LogP contribution < -0.4 is 15.9 Å². The van der Waals surface area contributed by atoms with Crippen LogP contribution in [-0.4, -0.2) is 67.2 Å². The Hall–Kier alpha value is -4.65. The molecule has 2 fully saturated rings. The van der Waals surface area contributed by atoms with Crippen molar-refractivity contribution in [3.63, 3.8) is 0 Å². The number of carbonyl (C=O) groups is 2. The van der Waals surface area contributed by atoms with E-state index in [-0.39, 0.29) is 63.5 Å². The quantitative estimate of drug-likeness (QED) is 0.340. The number of benzene rings is 1. The summed E-state index contributed by atoms with van der Waals surface area (Å²) in [5.74, 6) is -2.19. The van der Waals surface area contributed by atoms with Crippen molar-refractivity contribution in [3.8, 4) is 16.9 Å². The fourth-order valence-electron chi connectivity index (χ4n) is 6.15. The molecule has 2 aliphatic heterocycles. The van der Waals surface area contributed by atoms with Crippen molar-refractivity contribution in [1.29, 1.82) is 0 Å². The predicted octanol–water partition coefficient (Wildman–Crippen LogP) is 4.26. The van der Waals surface area contributed by atoms with Crippen LogP contribution in [0.5, 0.6) is 0 Å². The number of halogens is 2. The minimum atomic E-state index is -0.846. The van der Waals surface area contributed by atoms with Crippen molar-refractivity contribution < 1.29 is 18.4 Å². The molecular formula is C31H27F2N7O3S. The van der Waals surface area contributed by atoms with Crippen molar-refractivity contribution >= 4 is 46.1 Å². The normalized spacial score (nSPS) is 19.1. The summed E-state index contributed by atoms with van der Waals surface area (Å²) in [4.78, 5) is 57.5. The number of fused-ring (bicyclic) bond motifs is 6. The highest BCUT2D eigenvalue weighted by Crippen LogP contribution is 2.43. The van der Waals surface area contributed by atoms with Gasteiger partial charge in [0, 0.05) is 24.2 Å². The van der Waals surface area contributed by atoms with E-state index in [1.54, 1.807) is 17.2 Å². The molecule has 2 bridgehead atoms. The van der Waals surface area contributed by atoms with E-state index in [1.165, 1.54) is 40.6 Å². The third kappa shape index (κ3) is 4.45. The second-order valence-electron chi connectivity index (χ2n) is 11.2. The summed E-state index contributed by atoms with van der Waals surface area (Å²) in [6.45, 7) is 8.18. The smallest absolute Gasteiger partial charge is 0.349 e. The van der Waals surface area contributed by atoms with Gasteiger partial charge in [0.25, 0.3) is 0 Å². The molecule has 13 heteroatoms. The van der Waals surface area contributed by atoms with Gasteiger partial charge in [0.1, 0.15) is 17.3 Å². The van der Waals surface area contributed by atoms with E-state index in [9.17, 15) is 14.4 Å². The standard InChI is InChI=1S/C31H27F2N7O3S/c1-4-24(42)38-10-11-39(21-13-20(21)38)29-16-12-18(33)27-25-17(32)6-5-7-19(25)35-23(41)14-44-22-8-9-34-26(15(2)3)28(22)40(30(16)36-27)31(43)37-29/h4-9,12,15,20-21H,1,10-11,13-14H2,2-3H3,(H,35,41)/t20?,21-/m1/s1. The van der Waals surface area contributed by atoms with E-state index in [0.717, 1.165) is 6.07 Å². The van der Waals surface area contributed by atoms with Gasteiger partial charge in [-0.05, 0) is 42.7 Å². The summed E-state index contributed by atoms with van der Waals surface area (Å²) >= 11 is 1.19. The first-order valence-corrected chi connectivity index (χ1v) is 15.2. The van der Waals surface area contributed by atoms with Gasteiger partial charge in [-0.3, -0.25) is 14.6 Å². The Kier molecular flexibility index (Phi) is 6.72. The van der Waals surface area contributed by atoms with Crippen LogP contribution in [0.1, 0.15) is 31.9 Å². The van der Waals surface area contributed by atoms with E-state index in [1.807, 2.05) is 18.7 Å². The maximum Gasteiger partial charge on any atom is 0.355 e. The van der Waals surface area contributed by atoms with E-state index in [0.29, 0.717) is 35.8 Å². The molecule has 2 atom stereocenters. The monoisotopic (exact) mass is 615 g/mol. The number of aromatic nitrogens is 4. The highest BCUT2D eigenvalue weighted by atomic mass is 32.2. The van der Waals surface area contributed by atoms with Crippen LogP contribution in [0.2, 0.25) is 0 Å². The number of anilines is 2. The number of rotatable bonds is 3. The van der Waals surface area contributed by atoms with Crippen LogP contribution in [0, 0.1) is 11.6 Å². The number of pyridine rings is 2. The minimum absolute atomic E-state index is 0.0610. The van der Waals surface area contributed by atoms with Gasteiger partial charge in [0.2, 0.25) is 11.8 Å². The van der Waals surface area contributed by atoms with E-state index in [4.69, 9.17) is 0 Å². The number of carbonyl (C=O) groups excluding carboxylic acids is 2. The lowest BCUT2D eigenvalue weighted by atomic mass is 10.1. The first kappa shape index (κ1) is 28.1. The third-order valence-corrected chi connectivity index (χ3v) is 9.25. The van der Waals surface area contributed by atoms with E-state index in [2.05, 4.69) is 26.8 Å². The van der Waals surface area contributed by atoms with Gasteiger partial charge in [0.15, 0.2) is 11.5 Å². The van der Waals surface area contributed by atoms with Gasteiger partial charge in [-0.2, -0.15) is 4.98 Å². The van der Waals surface area contributed by atoms with E-state index >= 15 is 8.78 Å². The lowest BCUT2D eigenvalue weighted by molar-refractivity contribution is -0.127. The molecule has 4 aromatic rings. The Balaban J connectivity index is 1.54. The summed E-state index contributed by atoms with van der Waals surface area (Å²) in [5.41, 5.74) is -0.166. The molecule has 3 aromatic heterocycles. The maximum atomic E-state index is 16.2. The molecule has 5 heterocycles. The number of amides is 2. The van der Waals surface area contributed by atoms with Crippen LogP contribution in [0.15, 0.2) is 58.9 Å². The van der Waals surface area contributed by atoms with Gasteiger partial charge in [-0.1, -0.05) is 26.5 Å². The highest BCUT2D eigenvalue weighted by molar-refractivity contribution is 8.00. The van der Waals surface area contributed by atoms with E-state index < -0.39 is 23.2 Å². The number of piperazine rings is 1. The zero-order chi connectivity index (χ0) is 30.9. The lowest BCUT2D eigenvalue weighted by Gasteiger charge is -2.35. The molecule has 1 aromatic carbocycles. The summed E-state index contributed by atoms with van der Waals surface area (Å²) in [6.07, 6.45) is 3.56. The number of nitrogens with zero attached hydrogens (tertiary/aromatic N) is 6. The molecule has 44 heavy (non-hydrogen) atoms. The average Bonchev–Trinajstić information content (AvgIpc) is 3.80. The molecular weight excluding hydrogens is 588 g/mol. The van der Waals surface area contributed by atoms with Crippen molar-refractivity contribution in [2.45, 2.75) is 43.2 Å². The molecule has 0 spiro atoms. The molecule has 2 amide bonds. The number of hydrogen-bond acceptors (Lipinski definition) is 8. The van der Waals surface area contributed by atoms with Crippen molar-refractivity contribution in [2.75, 3.05) is 29.1 Å². The van der Waals surface area contributed by atoms with Crippen LogP contribution in [-0.2, 0) is 9.59 Å². The third-order valence-electron chi connectivity index (χ3n) is 8.21. The van der Waals surface area contributed by atoms with Crippen molar-refractivity contribution in [1.82, 2.24) is 24.4 Å². The Morgan fingerprint density at radius 1 is 1.14 bits per heavy atom. The number of hydrogen-bond donors (Lipinski definition) is 1. The highest BCUT2D eigenvalue weighted by Gasteiger charge is 2.51. The Bertz CT molecular complexity index is 1960. The second-order valence-corrected chi connectivity index (χ2v) is 12.3. The molecule has 1 aliphatic carbocycles. The SMILES string of the molecule is C=CC(=O)N1CCN(c2nc(=O)n3c4nc(c(F)cc24)-c2c(F)cccc2NC(=O)CSc2ccnc(C(C)C)c2-3)[C@@H]2CC21. The molecule has 224 valence electrons. The number of nitrogens with one attached hydrogen (secondary N) is 1.